The van der Waals surface area contributed by atoms with E-state index in [1.54, 1.807) is 6.92 Å². The Morgan fingerprint density at radius 3 is 2.76 bits per heavy atom. The second-order valence-electron chi connectivity index (χ2n) is 5.21. The lowest BCUT2D eigenvalue weighted by Gasteiger charge is -2.34. The third-order valence-corrected chi connectivity index (χ3v) is 3.31. The molecular weight excluding hydrogens is 286 g/mol. The molecule has 1 aromatic rings. The van der Waals surface area contributed by atoms with Crippen molar-refractivity contribution in [1.82, 2.24) is 5.32 Å². The van der Waals surface area contributed by atoms with Crippen molar-refractivity contribution in [3.63, 3.8) is 0 Å². The van der Waals surface area contributed by atoms with Crippen molar-refractivity contribution in [2.45, 2.75) is 25.3 Å². The normalized spacial score (nSPS) is 21.9. The number of nitro benzene ring substituents is 1. The Balaban J connectivity index is 2.29. The third-order valence-electron chi connectivity index (χ3n) is 3.31. The second kappa shape index (κ2) is 5.72. The second-order valence-corrected chi connectivity index (χ2v) is 5.21. The highest BCUT2D eigenvalue weighted by molar-refractivity contribution is 5.95. The quantitative estimate of drug-likeness (QED) is 0.685. The minimum absolute atomic E-state index is 0.248. The molecular formula is C13H14F2N2O4. The smallest absolute Gasteiger partial charge is 0.308 e. The molecule has 21 heavy (non-hydrogen) atoms. The lowest BCUT2D eigenvalue weighted by molar-refractivity contribution is -0.387. The summed E-state index contributed by atoms with van der Waals surface area (Å²) in [4.78, 5) is 21.7. The minimum Gasteiger partial charge on any atom is -0.379 e. The first-order valence-electron chi connectivity index (χ1n) is 6.36. The van der Waals surface area contributed by atoms with Gasteiger partial charge in [-0.05, 0) is 25.8 Å². The predicted molar refractivity (Wildman–Crippen MR) is 68.9 cm³/mol. The lowest BCUT2D eigenvalue weighted by Crippen LogP contribution is -2.51. The van der Waals surface area contributed by atoms with Crippen LogP contribution in [0.3, 0.4) is 0 Å². The number of nitrogens with zero attached hydrogens (tertiary/aromatic N) is 1. The molecule has 1 fully saturated rings. The van der Waals surface area contributed by atoms with Gasteiger partial charge in [0, 0.05) is 6.61 Å². The molecule has 1 heterocycles. The summed E-state index contributed by atoms with van der Waals surface area (Å²) in [7, 11) is 0. The van der Waals surface area contributed by atoms with Crippen molar-refractivity contribution >= 4 is 11.6 Å². The van der Waals surface area contributed by atoms with Gasteiger partial charge in [-0.1, -0.05) is 0 Å². The van der Waals surface area contributed by atoms with Gasteiger partial charge in [-0.25, -0.2) is 4.39 Å². The molecule has 2 rings (SSSR count). The third kappa shape index (κ3) is 3.33. The van der Waals surface area contributed by atoms with E-state index >= 15 is 0 Å². The zero-order valence-electron chi connectivity index (χ0n) is 11.3. The number of ether oxygens (including phenoxy) is 1. The predicted octanol–water partition coefficient (Wildman–Crippen LogP) is 2.17. The first-order valence-corrected chi connectivity index (χ1v) is 6.36. The number of halogens is 2. The van der Waals surface area contributed by atoms with Crippen molar-refractivity contribution in [2.75, 3.05) is 13.2 Å². The molecule has 1 N–H and O–H groups in total. The van der Waals surface area contributed by atoms with Crippen molar-refractivity contribution in [3.05, 3.63) is 39.4 Å². The summed E-state index contributed by atoms with van der Waals surface area (Å²) >= 11 is 0. The van der Waals surface area contributed by atoms with Crippen LogP contribution in [-0.4, -0.2) is 29.6 Å². The van der Waals surface area contributed by atoms with Crippen LogP contribution in [0.15, 0.2) is 12.1 Å². The largest absolute Gasteiger partial charge is 0.379 e. The van der Waals surface area contributed by atoms with Gasteiger partial charge in [0.1, 0.15) is 5.82 Å². The van der Waals surface area contributed by atoms with Gasteiger partial charge in [0.25, 0.3) is 5.91 Å². The van der Waals surface area contributed by atoms with E-state index < -0.39 is 39.3 Å². The summed E-state index contributed by atoms with van der Waals surface area (Å²) in [6, 6.07) is 1.09. The molecule has 1 aromatic carbocycles. The Bertz CT molecular complexity index is 586. The standard InChI is InChI=1S/C13H14F2N2O4/c1-13(3-2-4-21-7-13)16-12(18)9-5-8(14)6-10(11(9)15)17(19)20/h5-6H,2-4,7H2,1H3,(H,16,18). The van der Waals surface area contributed by atoms with Gasteiger partial charge >= 0.3 is 5.69 Å². The van der Waals surface area contributed by atoms with Gasteiger partial charge in [0.2, 0.25) is 5.82 Å². The van der Waals surface area contributed by atoms with Gasteiger partial charge in [-0.15, -0.1) is 0 Å². The van der Waals surface area contributed by atoms with E-state index in [-0.39, 0.29) is 6.61 Å². The first kappa shape index (κ1) is 15.3. The molecule has 0 bridgehead atoms. The fourth-order valence-corrected chi connectivity index (χ4v) is 2.25. The van der Waals surface area contributed by atoms with Gasteiger partial charge in [0.15, 0.2) is 0 Å². The maximum atomic E-state index is 13.9. The highest BCUT2D eigenvalue weighted by Gasteiger charge is 2.32. The molecule has 0 spiro atoms. The number of amides is 1. The van der Waals surface area contributed by atoms with Crippen molar-refractivity contribution < 1.29 is 23.2 Å². The van der Waals surface area contributed by atoms with Crippen LogP contribution in [0.1, 0.15) is 30.1 Å². The summed E-state index contributed by atoms with van der Waals surface area (Å²) in [6.07, 6.45) is 1.35. The molecule has 1 amide bonds. The molecule has 0 aliphatic carbocycles. The Kier molecular flexibility index (Phi) is 4.17. The first-order chi connectivity index (χ1) is 9.82. The monoisotopic (exact) mass is 300 g/mol. The van der Waals surface area contributed by atoms with E-state index in [0.29, 0.717) is 25.2 Å². The molecule has 0 radical (unpaired) electrons. The van der Waals surface area contributed by atoms with Crippen LogP contribution >= 0.6 is 0 Å². The molecule has 1 unspecified atom stereocenters. The molecule has 0 aromatic heterocycles. The van der Waals surface area contributed by atoms with Crippen LogP contribution in [0.2, 0.25) is 0 Å². The fourth-order valence-electron chi connectivity index (χ4n) is 2.25. The average molecular weight is 300 g/mol. The van der Waals surface area contributed by atoms with Crippen LogP contribution in [0.4, 0.5) is 14.5 Å². The van der Waals surface area contributed by atoms with Crippen molar-refractivity contribution in [3.8, 4) is 0 Å². The van der Waals surface area contributed by atoms with Crippen LogP contribution in [0, 0.1) is 21.7 Å². The van der Waals surface area contributed by atoms with Gasteiger partial charge in [0.05, 0.1) is 28.7 Å². The molecule has 6 nitrogen and oxygen atoms in total. The van der Waals surface area contributed by atoms with Crippen molar-refractivity contribution in [1.29, 1.82) is 0 Å². The topological polar surface area (TPSA) is 81.5 Å². The molecule has 1 aliphatic rings. The van der Waals surface area contributed by atoms with Crippen LogP contribution < -0.4 is 5.32 Å². The number of carbonyl (C=O) groups excluding carboxylic acids is 1. The summed E-state index contributed by atoms with van der Waals surface area (Å²) in [6.45, 7) is 2.54. The highest BCUT2D eigenvalue weighted by Crippen LogP contribution is 2.24. The number of hydrogen-bond donors (Lipinski definition) is 1. The van der Waals surface area contributed by atoms with E-state index in [9.17, 15) is 23.7 Å². The van der Waals surface area contributed by atoms with Gasteiger partial charge < -0.3 is 10.1 Å². The van der Waals surface area contributed by atoms with Gasteiger partial charge in [-0.2, -0.15) is 4.39 Å². The molecule has 1 aliphatic heterocycles. The minimum atomic E-state index is -1.35. The van der Waals surface area contributed by atoms with E-state index in [1.807, 2.05) is 0 Å². The van der Waals surface area contributed by atoms with E-state index in [1.165, 1.54) is 0 Å². The maximum absolute atomic E-state index is 13.9. The van der Waals surface area contributed by atoms with E-state index in [2.05, 4.69) is 5.32 Å². The Morgan fingerprint density at radius 1 is 1.48 bits per heavy atom. The SMILES string of the molecule is CC1(NC(=O)c2cc(F)cc([N+](=O)[O-])c2F)CCCOC1. The number of nitrogens with one attached hydrogen (secondary N) is 1. The fraction of sp³-hybridized carbons (Fsp3) is 0.462. The van der Waals surface area contributed by atoms with Crippen LogP contribution in [0.5, 0.6) is 0 Å². The number of hydrogen-bond acceptors (Lipinski definition) is 4. The summed E-state index contributed by atoms with van der Waals surface area (Å²) in [5, 5.41) is 13.2. The maximum Gasteiger partial charge on any atom is 0.308 e. The number of nitro groups is 1. The van der Waals surface area contributed by atoms with Crippen LogP contribution in [0.25, 0.3) is 0 Å². The lowest BCUT2D eigenvalue weighted by atomic mass is 9.94. The molecule has 8 heteroatoms. The van der Waals surface area contributed by atoms with E-state index in [0.717, 1.165) is 6.42 Å². The summed E-state index contributed by atoms with van der Waals surface area (Å²) in [5.74, 6) is -3.29. The Morgan fingerprint density at radius 2 is 2.19 bits per heavy atom. The zero-order chi connectivity index (χ0) is 15.6. The average Bonchev–Trinajstić information content (AvgIpc) is 2.40. The molecule has 1 saturated heterocycles. The molecule has 114 valence electrons. The molecule has 1 atom stereocenters. The number of benzene rings is 1. The van der Waals surface area contributed by atoms with Crippen molar-refractivity contribution in [2.24, 2.45) is 0 Å². The highest BCUT2D eigenvalue weighted by atomic mass is 19.1. The van der Waals surface area contributed by atoms with Crippen LogP contribution in [-0.2, 0) is 4.74 Å². The summed E-state index contributed by atoms with van der Waals surface area (Å²) < 4.78 is 32.5. The summed E-state index contributed by atoms with van der Waals surface area (Å²) in [5.41, 5.74) is -2.46. The van der Waals surface area contributed by atoms with Gasteiger partial charge in [-0.3, -0.25) is 14.9 Å². The Labute approximate surface area is 119 Å². The molecule has 0 saturated carbocycles. The van der Waals surface area contributed by atoms with E-state index in [4.69, 9.17) is 4.74 Å². The zero-order valence-corrected chi connectivity index (χ0v) is 11.3. The number of rotatable bonds is 3. The Hall–Kier alpha value is -2.09. The number of carbonyl (C=O) groups is 1.